The number of nitrogens with zero attached hydrogens (tertiary/aromatic N) is 6. The first-order valence-corrected chi connectivity index (χ1v) is 11.4. The van der Waals surface area contributed by atoms with Gasteiger partial charge in [0.2, 0.25) is 5.95 Å². The molecule has 2 aromatic heterocycles. The lowest BCUT2D eigenvalue weighted by Gasteiger charge is -2.37. The van der Waals surface area contributed by atoms with Crippen LogP contribution >= 0.6 is 0 Å². The molecule has 1 aliphatic carbocycles. The fraction of sp³-hybridized carbons (Fsp3) is 0.545. The topological polar surface area (TPSA) is 94.1 Å². The van der Waals surface area contributed by atoms with Crippen molar-refractivity contribution < 1.29 is 26.8 Å². The first kappa shape index (κ1) is 23.4. The molecule has 2 unspecified atom stereocenters. The summed E-state index contributed by atoms with van der Waals surface area (Å²) >= 11 is 0. The van der Waals surface area contributed by atoms with Gasteiger partial charge in [-0.05, 0) is 63.6 Å². The molecule has 188 valence electrons. The number of halogens is 4. The summed E-state index contributed by atoms with van der Waals surface area (Å²) in [7, 11) is 0. The van der Waals surface area contributed by atoms with E-state index in [1.54, 1.807) is 6.92 Å². The second kappa shape index (κ2) is 8.68. The second-order valence-electron chi connectivity index (χ2n) is 9.30. The van der Waals surface area contributed by atoms with Gasteiger partial charge in [-0.1, -0.05) is 5.16 Å². The quantitative estimate of drug-likeness (QED) is 0.486. The highest BCUT2D eigenvalue weighted by atomic mass is 19.4. The van der Waals surface area contributed by atoms with Crippen molar-refractivity contribution in [3.05, 3.63) is 35.4 Å². The van der Waals surface area contributed by atoms with E-state index in [-0.39, 0.29) is 35.9 Å². The average molecular weight is 495 g/mol. The average Bonchev–Trinajstić information content (AvgIpc) is 3.45. The summed E-state index contributed by atoms with van der Waals surface area (Å²) in [6.07, 6.45) is -2.61. The van der Waals surface area contributed by atoms with E-state index in [1.807, 2.05) is 13.8 Å². The maximum absolute atomic E-state index is 14.3. The number of aryl methyl sites for hydroxylation is 1. The van der Waals surface area contributed by atoms with Crippen LogP contribution in [0.3, 0.4) is 0 Å². The molecule has 2 aliphatic rings. The molecule has 1 N–H and O–H groups in total. The van der Waals surface area contributed by atoms with Crippen molar-refractivity contribution in [2.75, 3.05) is 23.3 Å². The molecule has 1 saturated carbocycles. The molecule has 3 aromatic rings. The highest BCUT2D eigenvalue weighted by Gasteiger charge is 2.44. The standard InChI is InChI=1S/C22H25F4N7O2/c1-11(2)33-21(34-17-8-15(22(24,25)26)6-7-16(17)23)29-19(30-33)28-18-13-4-5-14(18)10-32(9-13)20-27-12(3)31-35-20/h6-8,11,13-14,18H,4-5,9-10H2,1-3H3,(H,28,30). The molecule has 9 nitrogen and oxygen atoms in total. The molecule has 13 heteroatoms. The number of ether oxygens (including phenoxy) is 1. The van der Waals surface area contributed by atoms with Crippen LogP contribution in [0.15, 0.2) is 22.7 Å². The van der Waals surface area contributed by atoms with Crippen LogP contribution in [0.4, 0.5) is 29.5 Å². The second-order valence-corrected chi connectivity index (χ2v) is 9.30. The Hall–Kier alpha value is -3.38. The number of fused-ring (bicyclic) bond motifs is 2. The monoisotopic (exact) mass is 495 g/mol. The zero-order chi connectivity index (χ0) is 24.9. The molecule has 0 radical (unpaired) electrons. The summed E-state index contributed by atoms with van der Waals surface area (Å²) in [5, 5.41) is 11.7. The predicted octanol–water partition coefficient (Wildman–Crippen LogP) is 4.83. The zero-order valence-electron chi connectivity index (χ0n) is 19.4. The molecule has 1 aliphatic heterocycles. The lowest BCUT2D eigenvalue weighted by atomic mass is 9.92. The van der Waals surface area contributed by atoms with Gasteiger partial charge in [0.1, 0.15) is 0 Å². The highest BCUT2D eigenvalue weighted by Crippen LogP contribution is 2.40. The van der Waals surface area contributed by atoms with Gasteiger partial charge < -0.3 is 19.5 Å². The maximum Gasteiger partial charge on any atom is 0.416 e. The van der Waals surface area contributed by atoms with E-state index >= 15 is 0 Å². The molecule has 1 aromatic carbocycles. The molecule has 5 rings (SSSR count). The number of hydrogen-bond acceptors (Lipinski definition) is 8. The molecule has 3 heterocycles. The SMILES string of the molecule is Cc1noc(N2CC3CCC(C2)C3Nc2nc(Oc3cc(C(F)(F)F)ccc3F)n(C(C)C)n2)n1. The summed E-state index contributed by atoms with van der Waals surface area (Å²) in [6, 6.07) is 2.31. The Morgan fingerprint density at radius 3 is 2.46 bits per heavy atom. The van der Waals surface area contributed by atoms with Crippen LogP contribution < -0.4 is 15.0 Å². The van der Waals surface area contributed by atoms with Gasteiger partial charge in [0.15, 0.2) is 17.4 Å². The van der Waals surface area contributed by atoms with Crippen LogP contribution in [-0.4, -0.2) is 44.0 Å². The van der Waals surface area contributed by atoms with Gasteiger partial charge in [0.25, 0.3) is 0 Å². The lowest BCUT2D eigenvalue weighted by molar-refractivity contribution is -0.137. The largest absolute Gasteiger partial charge is 0.421 e. The van der Waals surface area contributed by atoms with E-state index in [4.69, 9.17) is 9.26 Å². The van der Waals surface area contributed by atoms with Crippen molar-refractivity contribution in [1.29, 1.82) is 0 Å². The lowest BCUT2D eigenvalue weighted by Crippen LogP contribution is -2.48. The van der Waals surface area contributed by atoms with Crippen LogP contribution in [0.2, 0.25) is 0 Å². The van der Waals surface area contributed by atoms with E-state index in [1.165, 1.54) is 4.68 Å². The van der Waals surface area contributed by atoms with Crippen molar-refractivity contribution in [3.63, 3.8) is 0 Å². The summed E-state index contributed by atoms with van der Waals surface area (Å²) in [4.78, 5) is 10.8. The fourth-order valence-corrected chi connectivity index (χ4v) is 4.81. The van der Waals surface area contributed by atoms with Crippen molar-refractivity contribution in [2.24, 2.45) is 11.8 Å². The van der Waals surface area contributed by atoms with E-state index < -0.39 is 23.3 Å². The molecule has 35 heavy (non-hydrogen) atoms. The number of nitrogens with one attached hydrogen (secondary N) is 1. The number of benzene rings is 1. The Morgan fingerprint density at radius 2 is 1.86 bits per heavy atom. The molecule has 2 atom stereocenters. The van der Waals surface area contributed by atoms with Crippen molar-refractivity contribution in [2.45, 2.75) is 51.9 Å². The number of rotatable bonds is 6. The number of aromatic nitrogens is 5. The first-order chi connectivity index (χ1) is 16.6. The normalized spacial score (nSPS) is 22.2. The Labute approximate surface area is 198 Å². The maximum atomic E-state index is 14.3. The van der Waals surface area contributed by atoms with Gasteiger partial charge in [0, 0.05) is 19.1 Å². The molecule has 1 saturated heterocycles. The number of piperidine rings is 1. The van der Waals surface area contributed by atoms with E-state index in [9.17, 15) is 17.6 Å². The van der Waals surface area contributed by atoms with E-state index in [0.29, 0.717) is 24.0 Å². The van der Waals surface area contributed by atoms with Gasteiger partial charge in [-0.25, -0.2) is 9.07 Å². The minimum Gasteiger partial charge on any atom is -0.421 e. The minimum atomic E-state index is -4.63. The number of hydrogen-bond donors (Lipinski definition) is 1. The van der Waals surface area contributed by atoms with Gasteiger partial charge in [0.05, 0.1) is 11.6 Å². The predicted molar refractivity (Wildman–Crippen MR) is 117 cm³/mol. The van der Waals surface area contributed by atoms with Crippen molar-refractivity contribution >= 4 is 12.0 Å². The van der Waals surface area contributed by atoms with E-state index in [2.05, 4.69) is 30.4 Å². The Morgan fingerprint density at radius 1 is 1.14 bits per heavy atom. The zero-order valence-corrected chi connectivity index (χ0v) is 19.4. The van der Waals surface area contributed by atoms with Gasteiger partial charge in [-0.2, -0.15) is 23.1 Å². The van der Waals surface area contributed by atoms with Gasteiger partial charge >= 0.3 is 18.2 Å². The molecule has 2 bridgehead atoms. The van der Waals surface area contributed by atoms with Crippen LogP contribution in [0.25, 0.3) is 0 Å². The van der Waals surface area contributed by atoms with Crippen molar-refractivity contribution in [3.8, 4) is 11.8 Å². The summed E-state index contributed by atoms with van der Waals surface area (Å²) in [6.45, 7) is 6.89. The van der Waals surface area contributed by atoms with Crippen LogP contribution in [0, 0.1) is 24.6 Å². The Bertz CT molecular complexity index is 1190. The Kier molecular flexibility index (Phi) is 5.80. The number of alkyl halides is 3. The Balaban J connectivity index is 1.35. The van der Waals surface area contributed by atoms with Crippen LogP contribution in [0.1, 0.15) is 44.1 Å². The molecule has 0 spiro atoms. The van der Waals surface area contributed by atoms with Crippen LogP contribution in [-0.2, 0) is 6.18 Å². The third-order valence-electron chi connectivity index (χ3n) is 6.47. The third-order valence-corrected chi connectivity index (χ3v) is 6.47. The highest BCUT2D eigenvalue weighted by molar-refractivity contribution is 5.37. The smallest absolute Gasteiger partial charge is 0.416 e. The molecule has 0 amide bonds. The summed E-state index contributed by atoms with van der Waals surface area (Å²) < 4.78 is 65.8. The summed E-state index contributed by atoms with van der Waals surface area (Å²) in [5.41, 5.74) is -1.01. The van der Waals surface area contributed by atoms with E-state index in [0.717, 1.165) is 32.0 Å². The van der Waals surface area contributed by atoms with Gasteiger partial charge in [-0.3, -0.25) is 0 Å². The minimum absolute atomic E-state index is 0.0909. The summed E-state index contributed by atoms with van der Waals surface area (Å²) in [5.74, 6) is -0.0447. The van der Waals surface area contributed by atoms with Crippen molar-refractivity contribution in [1.82, 2.24) is 24.9 Å². The fourth-order valence-electron chi connectivity index (χ4n) is 4.81. The first-order valence-electron chi connectivity index (χ1n) is 11.4. The third kappa shape index (κ3) is 4.63. The van der Waals surface area contributed by atoms with Crippen LogP contribution in [0.5, 0.6) is 11.8 Å². The molecular weight excluding hydrogens is 470 g/mol. The van der Waals surface area contributed by atoms with Gasteiger partial charge in [-0.15, -0.1) is 5.10 Å². The molecular formula is C22H25F4N7O2. The number of anilines is 2. The molecule has 2 fully saturated rings.